The van der Waals surface area contributed by atoms with Crippen molar-refractivity contribution in [2.45, 2.75) is 32.3 Å². The van der Waals surface area contributed by atoms with Crippen LogP contribution in [0.25, 0.3) is 0 Å². The van der Waals surface area contributed by atoms with Gasteiger partial charge in [0.05, 0.1) is 6.10 Å². The molecule has 25 heavy (non-hydrogen) atoms. The molecule has 0 radical (unpaired) electrons. The minimum atomic E-state index is -0.717. The highest BCUT2D eigenvalue weighted by Gasteiger charge is 2.15. The molecule has 3 N–H and O–H groups in total. The summed E-state index contributed by atoms with van der Waals surface area (Å²) in [6.07, 6.45) is 1.49. The normalized spacial score (nSPS) is 12.0. The Morgan fingerprint density at radius 3 is 2.36 bits per heavy atom. The van der Waals surface area contributed by atoms with E-state index in [-0.39, 0.29) is 6.54 Å². The number of carbonyl (C=O) groups excluding carboxylic acids is 2. The first kappa shape index (κ1) is 18.7. The van der Waals surface area contributed by atoms with Gasteiger partial charge in [-0.2, -0.15) is 0 Å². The first-order valence-electron chi connectivity index (χ1n) is 8.37. The highest BCUT2D eigenvalue weighted by Crippen LogP contribution is 2.17. The fraction of sp³-hybridized carbons (Fsp3) is 0.368. The maximum Gasteiger partial charge on any atom is 0.313 e. The third-order valence-corrected chi connectivity index (χ3v) is 4.07. The van der Waals surface area contributed by atoms with Crippen LogP contribution in [0.2, 0.25) is 0 Å². The molecule has 0 fully saturated rings. The Labute approximate surface area is 147 Å². The summed E-state index contributed by atoms with van der Waals surface area (Å²) in [6, 6.07) is 11.1. The Morgan fingerprint density at radius 1 is 1.12 bits per heavy atom. The molecule has 1 heterocycles. The van der Waals surface area contributed by atoms with Crippen molar-refractivity contribution in [1.29, 1.82) is 0 Å². The number of nitrogens with zero attached hydrogens (tertiary/aromatic N) is 1. The third kappa shape index (κ3) is 5.19. The van der Waals surface area contributed by atoms with E-state index < -0.39 is 17.9 Å². The van der Waals surface area contributed by atoms with Gasteiger partial charge >= 0.3 is 11.8 Å². The van der Waals surface area contributed by atoms with E-state index in [1.54, 1.807) is 12.1 Å². The number of aliphatic hydroxyl groups excluding tert-OH is 1. The van der Waals surface area contributed by atoms with Crippen LogP contribution in [0.5, 0.6) is 0 Å². The van der Waals surface area contributed by atoms with Gasteiger partial charge in [-0.15, -0.1) is 0 Å². The average molecular weight is 343 g/mol. The lowest BCUT2D eigenvalue weighted by Gasteiger charge is -2.12. The molecule has 1 unspecified atom stereocenters. The standard InChI is InChI=1S/C19H25N3O3/c1-13(2)14-6-8-15(9-7-14)21-19(25)18(24)20-11-10-17(23)16-5-4-12-22(16)3/h4-9,12-13,17,23H,10-11H2,1-3H3,(H,20,24)(H,21,25). The Kier molecular flexibility index (Phi) is 6.36. The quantitative estimate of drug-likeness (QED) is 0.704. The number of aromatic nitrogens is 1. The molecule has 1 aromatic carbocycles. The van der Waals surface area contributed by atoms with Crippen LogP contribution < -0.4 is 10.6 Å². The van der Waals surface area contributed by atoms with Crippen molar-refractivity contribution in [3.63, 3.8) is 0 Å². The van der Waals surface area contributed by atoms with Gasteiger partial charge in [-0.1, -0.05) is 26.0 Å². The van der Waals surface area contributed by atoms with E-state index in [0.717, 1.165) is 11.3 Å². The minimum absolute atomic E-state index is 0.213. The summed E-state index contributed by atoms with van der Waals surface area (Å²) in [6.45, 7) is 4.39. The second kappa shape index (κ2) is 8.48. The van der Waals surface area contributed by atoms with Crippen molar-refractivity contribution in [2.24, 2.45) is 7.05 Å². The van der Waals surface area contributed by atoms with Crippen LogP contribution in [0, 0.1) is 0 Å². The predicted octanol–water partition coefficient (Wildman–Crippen LogP) is 2.33. The van der Waals surface area contributed by atoms with Crippen molar-refractivity contribution >= 4 is 17.5 Å². The smallest absolute Gasteiger partial charge is 0.313 e. The van der Waals surface area contributed by atoms with Gasteiger partial charge in [0.2, 0.25) is 0 Å². The van der Waals surface area contributed by atoms with Gasteiger partial charge in [0, 0.05) is 31.2 Å². The summed E-state index contributed by atoms with van der Waals surface area (Å²) in [4.78, 5) is 23.7. The molecule has 0 saturated carbocycles. The molecule has 1 atom stereocenters. The van der Waals surface area contributed by atoms with Gasteiger partial charge in [-0.25, -0.2) is 0 Å². The number of anilines is 1. The fourth-order valence-electron chi connectivity index (χ4n) is 2.51. The topological polar surface area (TPSA) is 83.4 Å². The number of nitrogens with one attached hydrogen (secondary N) is 2. The van der Waals surface area contributed by atoms with Crippen molar-refractivity contribution < 1.29 is 14.7 Å². The number of hydrogen-bond acceptors (Lipinski definition) is 3. The van der Waals surface area contributed by atoms with Crippen molar-refractivity contribution in [3.8, 4) is 0 Å². The van der Waals surface area contributed by atoms with Crippen LogP contribution in [0.3, 0.4) is 0 Å². The summed E-state index contributed by atoms with van der Waals surface area (Å²) in [7, 11) is 1.84. The molecular weight excluding hydrogens is 318 g/mol. The third-order valence-electron chi connectivity index (χ3n) is 4.07. The van der Waals surface area contributed by atoms with Crippen LogP contribution in [-0.2, 0) is 16.6 Å². The van der Waals surface area contributed by atoms with Gasteiger partial charge in [0.25, 0.3) is 0 Å². The molecule has 0 aliphatic rings. The number of aliphatic hydroxyl groups is 1. The molecule has 1 aromatic heterocycles. The van der Waals surface area contributed by atoms with E-state index in [2.05, 4.69) is 24.5 Å². The predicted molar refractivity (Wildman–Crippen MR) is 97.2 cm³/mol. The Bertz CT molecular complexity index is 720. The zero-order chi connectivity index (χ0) is 18.4. The van der Waals surface area contributed by atoms with E-state index in [1.807, 2.05) is 42.1 Å². The fourth-order valence-corrected chi connectivity index (χ4v) is 2.51. The lowest BCUT2D eigenvalue weighted by molar-refractivity contribution is -0.136. The molecule has 0 spiro atoms. The zero-order valence-corrected chi connectivity index (χ0v) is 14.8. The summed E-state index contributed by atoms with van der Waals surface area (Å²) >= 11 is 0. The van der Waals surface area contributed by atoms with Crippen LogP contribution in [-0.4, -0.2) is 28.0 Å². The number of amides is 2. The number of rotatable bonds is 6. The van der Waals surface area contributed by atoms with Crippen LogP contribution in [0.1, 0.15) is 43.5 Å². The summed E-state index contributed by atoms with van der Waals surface area (Å²) in [5.41, 5.74) is 2.51. The molecule has 0 aliphatic heterocycles. The first-order valence-corrected chi connectivity index (χ1v) is 8.37. The van der Waals surface area contributed by atoms with E-state index in [9.17, 15) is 14.7 Å². The molecule has 134 valence electrons. The molecule has 2 rings (SSSR count). The van der Waals surface area contributed by atoms with Crippen molar-refractivity contribution in [2.75, 3.05) is 11.9 Å². The molecule has 2 aromatic rings. The maximum atomic E-state index is 11.9. The Balaban J connectivity index is 1.78. The van der Waals surface area contributed by atoms with Crippen LogP contribution in [0.4, 0.5) is 5.69 Å². The van der Waals surface area contributed by atoms with E-state index in [4.69, 9.17) is 0 Å². The number of carbonyl (C=O) groups is 2. The SMILES string of the molecule is CC(C)c1ccc(NC(=O)C(=O)NCCC(O)c2cccn2C)cc1. The highest BCUT2D eigenvalue weighted by atomic mass is 16.3. The largest absolute Gasteiger partial charge is 0.387 e. The second-order valence-electron chi connectivity index (χ2n) is 6.34. The minimum Gasteiger partial charge on any atom is -0.387 e. The molecular formula is C19H25N3O3. The van der Waals surface area contributed by atoms with Gasteiger partial charge < -0.3 is 20.3 Å². The summed E-state index contributed by atoms with van der Waals surface area (Å²) in [5.74, 6) is -1.03. The Morgan fingerprint density at radius 2 is 1.80 bits per heavy atom. The molecule has 6 heteroatoms. The van der Waals surface area contributed by atoms with Crippen LogP contribution in [0.15, 0.2) is 42.6 Å². The summed E-state index contributed by atoms with van der Waals surface area (Å²) in [5, 5.41) is 15.2. The first-order chi connectivity index (χ1) is 11.9. The second-order valence-corrected chi connectivity index (χ2v) is 6.34. The lowest BCUT2D eigenvalue weighted by atomic mass is 10.0. The number of benzene rings is 1. The van der Waals surface area contributed by atoms with Gasteiger partial charge in [0.1, 0.15) is 0 Å². The summed E-state index contributed by atoms with van der Waals surface area (Å²) < 4.78 is 1.82. The van der Waals surface area contributed by atoms with Crippen LogP contribution >= 0.6 is 0 Å². The molecule has 0 saturated heterocycles. The van der Waals surface area contributed by atoms with Gasteiger partial charge in [-0.05, 0) is 42.2 Å². The van der Waals surface area contributed by atoms with E-state index in [1.165, 1.54) is 0 Å². The van der Waals surface area contributed by atoms with Gasteiger partial charge in [-0.3, -0.25) is 9.59 Å². The lowest BCUT2D eigenvalue weighted by Crippen LogP contribution is -2.36. The number of aryl methyl sites for hydroxylation is 1. The average Bonchev–Trinajstić information content (AvgIpc) is 3.01. The maximum absolute atomic E-state index is 11.9. The molecule has 6 nitrogen and oxygen atoms in total. The van der Waals surface area contributed by atoms with E-state index >= 15 is 0 Å². The van der Waals surface area contributed by atoms with E-state index in [0.29, 0.717) is 18.0 Å². The zero-order valence-electron chi connectivity index (χ0n) is 14.8. The molecule has 2 amide bonds. The van der Waals surface area contributed by atoms with Crippen molar-refractivity contribution in [3.05, 3.63) is 53.9 Å². The van der Waals surface area contributed by atoms with Crippen molar-refractivity contribution in [1.82, 2.24) is 9.88 Å². The monoisotopic (exact) mass is 343 g/mol. The molecule has 0 bridgehead atoms. The number of hydrogen-bond donors (Lipinski definition) is 3. The molecule has 0 aliphatic carbocycles. The van der Waals surface area contributed by atoms with Gasteiger partial charge in [0.15, 0.2) is 0 Å². The highest BCUT2D eigenvalue weighted by molar-refractivity contribution is 6.39. The Hall–Kier alpha value is -2.60.